The highest BCUT2D eigenvalue weighted by atomic mass is 32.2. The van der Waals surface area contributed by atoms with Gasteiger partial charge in [0, 0.05) is 13.5 Å². The Morgan fingerprint density at radius 3 is 2.92 bits per heavy atom. The van der Waals surface area contributed by atoms with E-state index in [4.69, 9.17) is 4.42 Å². The van der Waals surface area contributed by atoms with Crippen LogP contribution in [0.15, 0.2) is 39.5 Å². The summed E-state index contributed by atoms with van der Waals surface area (Å²) in [6.45, 7) is 3.04. The molecule has 0 bridgehead atoms. The Hall–Kier alpha value is -2.13. The lowest BCUT2D eigenvalue weighted by atomic mass is 9.93. The van der Waals surface area contributed by atoms with Crippen LogP contribution in [0.4, 0.5) is 0 Å². The maximum absolute atomic E-state index is 5.90. The zero-order chi connectivity index (χ0) is 17.1. The van der Waals surface area contributed by atoms with Crippen molar-refractivity contribution in [3.8, 4) is 0 Å². The van der Waals surface area contributed by atoms with Crippen molar-refractivity contribution in [1.29, 1.82) is 0 Å². The number of furan rings is 1. The molecule has 132 valence electrons. The maximum atomic E-state index is 5.90. The van der Waals surface area contributed by atoms with Gasteiger partial charge in [0.05, 0.1) is 6.54 Å². The highest BCUT2D eigenvalue weighted by Gasteiger charge is 2.22. The molecule has 1 aliphatic rings. The quantitative estimate of drug-likeness (QED) is 0.721. The summed E-state index contributed by atoms with van der Waals surface area (Å²) >= 11 is 1.45. The fourth-order valence-electron chi connectivity index (χ4n) is 3.16. The van der Waals surface area contributed by atoms with E-state index in [0.29, 0.717) is 5.92 Å². The van der Waals surface area contributed by atoms with E-state index in [1.807, 2.05) is 23.7 Å². The van der Waals surface area contributed by atoms with Gasteiger partial charge >= 0.3 is 0 Å². The summed E-state index contributed by atoms with van der Waals surface area (Å²) in [4.78, 5) is 6.55. The van der Waals surface area contributed by atoms with Gasteiger partial charge in [-0.2, -0.15) is 5.10 Å². The fourth-order valence-corrected chi connectivity index (χ4v) is 3.83. The maximum Gasteiger partial charge on any atom is 0.191 e. The molecular formula is C16H21N7OS. The van der Waals surface area contributed by atoms with E-state index < -0.39 is 0 Å². The number of likely N-dealkylation sites (tertiary alicyclic amines) is 1. The summed E-state index contributed by atoms with van der Waals surface area (Å²) in [5.41, 5.74) is 0. The monoisotopic (exact) mass is 359 g/mol. The SMILES string of the molecule is Cn1cnnc1CC1CCN(Cc2ccc(Sc3ncn[nH]3)o2)CC1. The van der Waals surface area contributed by atoms with Crippen LogP contribution in [-0.2, 0) is 20.0 Å². The van der Waals surface area contributed by atoms with Gasteiger partial charge in [0.15, 0.2) is 10.2 Å². The molecule has 1 fully saturated rings. The molecule has 1 saturated heterocycles. The Labute approximate surface area is 150 Å². The molecule has 4 heterocycles. The molecule has 0 unspecified atom stereocenters. The largest absolute Gasteiger partial charge is 0.453 e. The summed E-state index contributed by atoms with van der Waals surface area (Å²) in [7, 11) is 2.01. The van der Waals surface area contributed by atoms with Crippen LogP contribution in [0.25, 0.3) is 0 Å². The first-order valence-corrected chi connectivity index (χ1v) is 9.25. The number of aryl methyl sites for hydroxylation is 1. The normalized spacial score (nSPS) is 16.5. The fraction of sp³-hybridized carbons (Fsp3) is 0.500. The van der Waals surface area contributed by atoms with E-state index in [-0.39, 0.29) is 0 Å². The first-order valence-electron chi connectivity index (χ1n) is 8.43. The summed E-state index contributed by atoms with van der Waals surface area (Å²) < 4.78 is 7.92. The molecule has 8 nitrogen and oxygen atoms in total. The summed E-state index contributed by atoms with van der Waals surface area (Å²) in [5.74, 6) is 2.76. The Bertz CT molecular complexity index is 789. The number of aromatic nitrogens is 6. The lowest BCUT2D eigenvalue weighted by Crippen LogP contribution is -2.34. The molecule has 0 amide bonds. The van der Waals surface area contributed by atoms with Crippen LogP contribution in [0.2, 0.25) is 0 Å². The first-order chi connectivity index (χ1) is 12.3. The van der Waals surface area contributed by atoms with Crippen LogP contribution in [-0.4, -0.2) is 47.9 Å². The summed E-state index contributed by atoms with van der Waals surface area (Å²) in [6, 6.07) is 4.04. The van der Waals surface area contributed by atoms with Crippen molar-refractivity contribution in [2.24, 2.45) is 13.0 Å². The zero-order valence-corrected chi connectivity index (χ0v) is 14.9. The predicted octanol–water partition coefficient (Wildman–Crippen LogP) is 2.13. The van der Waals surface area contributed by atoms with Gasteiger partial charge in [-0.15, -0.1) is 10.2 Å². The zero-order valence-electron chi connectivity index (χ0n) is 14.1. The highest BCUT2D eigenvalue weighted by molar-refractivity contribution is 7.99. The Morgan fingerprint density at radius 1 is 1.32 bits per heavy atom. The van der Waals surface area contributed by atoms with Crippen LogP contribution in [0.5, 0.6) is 0 Å². The van der Waals surface area contributed by atoms with Gasteiger partial charge in [0.25, 0.3) is 0 Å². The number of rotatable bonds is 6. The molecule has 1 aliphatic heterocycles. The van der Waals surface area contributed by atoms with E-state index in [2.05, 4.69) is 30.3 Å². The molecule has 9 heteroatoms. The molecule has 0 spiro atoms. The standard InChI is InChI=1S/C16H21N7OS/c1-22-11-19-20-14(22)8-12-4-6-23(7-5-12)9-13-2-3-15(24-13)25-16-17-10-18-21-16/h2-3,10-12H,4-9H2,1H3,(H,17,18,21). The van der Waals surface area contributed by atoms with Crippen molar-refractivity contribution in [2.45, 2.75) is 36.1 Å². The van der Waals surface area contributed by atoms with Gasteiger partial charge in [-0.25, -0.2) is 4.98 Å². The minimum absolute atomic E-state index is 0.688. The topological polar surface area (TPSA) is 88.7 Å². The third-order valence-electron chi connectivity index (χ3n) is 4.59. The minimum atomic E-state index is 0.688. The van der Waals surface area contributed by atoms with Crippen LogP contribution in [0.1, 0.15) is 24.4 Å². The van der Waals surface area contributed by atoms with E-state index in [9.17, 15) is 0 Å². The van der Waals surface area contributed by atoms with Crippen molar-refractivity contribution in [2.75, 3.05) is 13.1 Å². The van der Waals surface area contributed by atoms with Gasteiger partial charge in [-0.05, 0) is 55.7 Å². The smallest absolute Gasteiger partial charge is 0.191 e. The van der Waals surface area contributed by atoms with Crippen LogP contribution >= 0.6 is 11.8 Å². The van der Waals surface area contributed by atoms with E-state index in [1.54, 1.807) is 6.33 Å². The second-order valence-electron chi connectivity index (χ2n) is 6.40. The summed E-state index contributed by atoms with van der Waals surface area (Å²) in [6.07, 6.45) is 6.66. The average Bonchev–Trinajstić information content (AvgIpc) is 3.35. The third-order valence-corrected chi connectivity index (χ3v) is 5.40. The van der Waals surface area contributed by atoms with Crippen molar-refractivity contribution >= 4 is 11.8 Å². The lowest BCUT2D eigenvalue weighted by Gasteiger charge is -2.31. The van der Waals surface area contributed by atoms with E-state index in [0.717, 1.165) is 47.9 Å². The van der Waals surface area contributed by atoms with Crippen molar-refractivity contribution in [1.82, 2.24) is 34.8 Å². The number of hydrogen-bond acceptors (Lipinski definition) is 7. The van der Waals surface area contributed by atoms with E-state index >= 15 is 0 Å². The minimum Gasteiger partial charge on any atom is -0.453 e. The number of H-pyrrole nitrogens is 1. The number of aromatic amines is 1. The Kier molecular flexibility index (Phi) is 4.84. The highest BCUT2D eigenvalue weighted by Crippen LogP contribution is 2.27. The predicted molar refractivity (Wildman–Crippen MR) is 91.9 cm³/mol. The second-order valence-corrected chi connectivity index (χ2v) is 7.39. The molecule has 0 saturated carbocycles. The van der Waals surface area contributed by atoms with Crippen molar-refractivity contribution in [3.05, 3.63) is 36.4 Å². The number of hydrogen-bond donors (Lipinski definition) is 1. The molecular weight excluding hydrogens is 338 g/mol. The van der Waals surface area contributed by atoms with Crippen LogP contribution in [0.3, 0.4) is 0 Å². The lowest BCUT2D eigenvalue weighted by molar-refractivity contribution is 0.162. The van der Waals surface area contributed by atoms with Crippen molar-refractivity contribution < 1.29 is 4.42 Å². The molecule has 0 atom stereocenters. The summed E-state index contributed by atoms with van der Waals surface area (Å²) in [5, 5.41) is 16.4. The number of nitrogens with one attached hydrogen (secondary N) is 1. The Morgan fingerprint density at radius 2 is 2.20 bits per heavy atom. The third kappa shape index (κ3) is 4.10. The first kappa shape index (κ1) is 16.3. The van der Waals surface area contributed by atoms with Gasteiger partial charge in [0.1, 0.15) is 24.2 Å². The van der Waals surface area contributed by atoms with Gasteiger partial charge in [-0.1, -0.05) is 0 Å². The molecule has 3 aromatic heterocycles. The number of piperidine rings is 1. The molecule has 0 aliphatic carbocycles. The molecule has 4 rings (SSSR count). The Balaban J connectivity index is 1.26. The molecule has 1 N–H and O–H groups in total. The molecule has 0 radical (unpaired) electrons. The molecule has 3 aromatic rings. The van der Waals surface area contributed by atoms with Crippen molar-refractivity contribution in [3.63, 3.8) is 0 Å². The van der Waals surface area contributed by atoms with E-state index in [1.165, 1.54) is 30.9 Å². The van der Waals surface area contributed by atoms with Crippen LogP contribution in [0, 0.1) is 5.92 Å². The van der Waals surface area contributed by atoms with Gasteiger partial charge in [0.2, 0.25) is 0 Å². The van der Waals surface area contributed by atoms with Gasteiger partial charge in [-0.3, -0.25) is 10.00 Å². The second kappa shape index (κ2) is 7.40. The molecule has 0 aromatic carbocycles. The van der Waals surface area contributed by atoms with Crippen LogP contribution < -0.4 is 0 Å². The van der Waals surface area contributed by atoms with Gasteiger partial charge < -0.3 is 8.98 Å². The molecule has 25 heavy (non-hydrogen) atoms. The average molecular weight is 359 g/mol. The number of nitrogens with zero attached hydrogens (tertiary/aromatic N) is 6.